The van der Waals surface area contributed by atoms with Crippen molar-refractivity contribution in [3.05, 3.63) is 103 Å². The molecule has 35 heavy (non-hydrogen) atoms. The first-order valence-electron chi connectivity index (χ1n) is 11.3. The minimum Gasteiger partial charge on any atom is -0.307 e. The van der Waals surface area contributed by atoms with Crippen molar-refractivity contribution in [3.8, 4) is 0 Å². The van der Waals surface area contributed by atoms with Gasteiger partial charge in [-0.2, -0.15) is 0 Å². The number of likely N-dealkylation sites (tertiary alicyclic amines) is 1. The summed E-state index contributed by atoms with van der Waals surface area (Å²) < 4.78 is 14.3. The molecule has 0 radical (unpaired) electrons. The van der Waals surface area contributed by atoms with Gasteiger partial charge < -0.3 is 4.90 Å². The van der Waals surface area contributed by atoms with Gasteiger partial charge in [-0.15, -0.1) is 0 Å². The fourth-order valence-electron chi connectivity index (χ4n) is 5.18. The van der Waals surface area contributed by atoms with Gasteiger partial charge in [-0.3, -0.25) is 19.8 Å². The highest BCUT2D eigenvalue weighted by Crippen LogP contribution is 2.48. The number of nitro groups is 1. The van der Waals surface area contributed by atoms with Gasteiger partial charge in [0.2, 0.25) is 0 Å². The number of benzene rings is 3. The number of halogens is 3. The Bertz CT molecular complexity index is 1310. The van der Waals surface area contributed by atoms with E-state index in [-0.39, 0.29) is 27.8 Å². The lowest BCUT2D eigenvalue weighted by molar-refractivity contribution is -0.384. The maximum atomic E-state index is 14.3. The summed E-state index contributed by atoms with van der Waals surface area (Å²) >= 11 is 12.3. The van der Waals surface area contributed by atoms with E-state index < -0.39 is 4.92 Å². The van der Waals surface area contributed by atoms with Crippen molar-refractivity contribution in [1.82, 2.24) is 4.90 Å². The van der Waals surface area contributed by atoms with Crippen LogP contribution in [0.25, 0.3) is 0 Å². The summed E-state index contributed by atoms with van der Waals surface area (Å²) in [5.74, 6) is -0.556. The van der Waals surface area contributed by atoms with Gasteiger partial charge in [-0.25, -0.2) is 4.39 Å². The zero-order valence-corrected chi connectivity index (χ0v) is 20.2. The van der Waals surface area contributed by atoms with Crippen LogP contribution in [0.15, 0.2) is 60.7 Å². The Balaban J connectivity index is 1.36. The summed E-state index contributed by atoms with van der Waals surface area (Å²) in [6.07, 6.45) is 1.52. The molecule has 1 spiro atoms. The molecule has 9 heteroatoms. The average Bonchev–Trinajstić information content (AvgIpc) is 3.14. The minimum atomic E-state index is -0.407. The number of hydrogen-bond donors (Lipinski definition) is 0. The first kappa shape index (κ1) is 23.7. The number of amides is 1. The Morgan fingerprint density at radius 1 is 1.03 bits per heavy atom. The third-order valence-electron chi connectivity index (χ3n) is 7.05. The Morgan fingerprint density at radius 2 is 1.74 bits per heavy atom. The van der Waals surface area contributed by atoms with Crippen LogP contribution in [0.3, 0.4) is 0 Å². The summed E-state index contributed by atoms with van der Waals surface area (Å²) in [5, 5.41) is 11.6. The second kappa shape index (κ2) is 9.22. The third kappa shape index (κ3) is 4.51. The molecule has 2 aliphatic heterocycles. The van der Waals surface area contributed by atoms with Gasteiger partial charge >= 0.3 is 0 Å². The van der Waals surface area contributed by atoms with Crippen molar-refractivity contribution in [2.24, 2.45) is 0 Å². The second-order valence-electron chi connectivity index (χ2n) is 9.16. The van der Waals surface area contributed by atoms with E-state index in [0.717, 1.165) is 37.1 Å². The Kier molecular flexibility index (Phi) is 6.25. The van der Waals surface area contributed by atoms with E-state index in [1.807, 2.05) is 0 Å². The average molecular weight is 514 g/mol. The van der Waals surface area contributed by atoms with Crippen LogP contribution >= 0.6 is 23.2 Å². The third-order valence-corrected chi connectivity index (χ3v) is 7.60. The van der Waals surface area contributed by atoms with Crippen LogP contribution in [0.1, 0.15) is 34.3 Å². The SMILES string of the molecule is O=C(c1ccc(Cl)cc1Cl)N1CC2(CCN(Cc3ccc([N+](=O)[O-])cc3)CC2)c2cc(F)ccc21. The highest BCUT2D eigenvalue weighted by molar-refractivity contribution is 6.37. The van der Waals surface area contributed by atoms with E-state index in [4.69, 9.17) is 23.2 Å². The predicted octanol–water partition coefficient (Wildman–Crippen LogP) is 6.23. The smallest absolute Gasteiger partial charge is 0.269 e. The molecule has 1 saturated heterocycles. The summed E-state index contributed by atoms with van der Waals surface area (Å²) in [6, 6.07) is 16.0. The molecule has 0 aliphatic carbocycles. The molecule has 0 saturated carbocycles. The van der Waals surface area contributed by atoms with E-state index in [1.54, 1.807) is 47.4 Å². The Hall–Kier alpha value is -3.00. The molecule has 6 nitrogen and oxygen atoms in total. The van der Waals surface area contributed by atoms with Gasteiger partial charge in [0.25, 0.3) is 11.6 Å². The van der Waals surface area contributed by atoms with Crippen molar-refractivity contribution in [2.75, 3.05) is 24.5 Å². The monoisotopic (exact) mass is 513 g/mol. The van der Waals surface area contributed by atoms with Crippen molar-refractivity contribution in [2.45, 2.75) is 24.8 Å². The minimum absolute atomic E-state index is 0.0708. The quantitative estimate of drug-likeness (QED) is 0.306. The van der Waals surface area contributed by atoms with Crippen LogP contribution < -0.4 is 4.90 Å². The molecule has 0 N–H and O–H groups in total. The van der Waals surface area contributed by atoms with E-state index in [1.165, 1.54) is 18.2 Å². The van der Waals surface area contributed by atoms with Gasteiger partial charge in [0.1, 0.15) is 5.82 Å². The van der Waals surface area contributed by atoms with Gasteiger partial charge in [0.15, 0.2) is 0 Å². The summed E-state index contributed by atoms with van der Waals surface area (Å²) in [7, 11) is 0. The first-order chi connectivity index (χ1) is 16.8. The number of anilines is 1. The van der Waals surface area contributed by atoms with E-state index >= 15 is 0 Å². The number of piperidine rings is 1. The standard InChI is InChI=1S/C26H22Cl2FN3O3/c27-18-3-7-21(23(28)13-18)25(33)31-16-26(22-14-19(29)4-8-24(22)31)9-11-30(12-10-26)15-17-1-5-20(6-2-17)32(34)35/h1-8,13-14H,9-12,15-16H2. The number of rotatable bonds is 4. The first-order valence-corrected chi connectivity index (χ1v) is 12.0. The van der Waals surface area contributed by atoms with Crippen LogP contribution in [0.4, 0.5) is 15.8 Å². The molecule has 180 valence electrons. The van der Waals surface area contributed by atoms with Gasteiger partial charge in [-0.1, -0.05) is 35.3 Å². The number of carbonyl (C=O) groups is 1. The van der Waals surface area contributed by atoms with Crippen LogP contribution in [0.5, 0.6) is 0 Å². The zero-order chi connectivity index (χ0) is 24.7. The molecule has 1 amide bonds. The van der Waals surface area contributed by atoms with Crippen LogP contribution in [0.2, 0.25) is 10.0 Å². The number of hydrogen-bond acceptors (Lipinski definition) is 4. The number of non-ortho nitro benzene ring substituents is 1. The number of fused-ring (bicyclic) bond motifs is 2. The van der Waals surface area contributed by atoms with E-state index in [0.29, 0.717) is 29.4 Å². The number of carbonyl (C=O) groups excluding carboxylic acids is 1. The van der Waals surface area contributed by atoms with Gasteiger partial charge in [0, 0.05) is 41.3 Å². The molecular weight excluding hydrogens is 492 g/mol. The molecule has 2 heterocycles. The van der Waals surface area contributed by atoms with Crippen molar-refractivity contribution in [3.63, 3.8) is 0 Å². The topological polar surface area (TPSA) is 66.7 Å². The van der Waals surface area contributed by atoms with Crippen LogP contribution in [-0.4, -0.2) is 35.4 Å². The summed E-state index contributed by atoms with van der Waals surface area (Å²) in [4.78, 5) is 28.0. The number of nitro benzene ring substituents is 1. The summed E-state index contributed by atoms with van der Waals surface area (Å²) in [5.41, 5.74) is 2.65. The van der Waals surface area contributed by atoms with Crippen LogP contribution in [0, 0.1) is 15.9 Å². The Morgan fingerprint density at radius 3 is 2.40 bits per heavy atom. The lowest BCUT2D eigenvalue weighted by Gasteiger charge is -2.40. The molecule has 0 atom stereocenters. The molecule has 0 unspecified atom stereocenters. The largest absolute Gasteiger partial charge is 0.307 e. The highest BCUT2D eigenvalue weighted by Gasteiger charge is 2.46. The normalized spacial score (nSPS) is 16.9. The lowest BCUT2D eigenvalue weighted by atomic mass is 9.74. The lowest BCUT2D eigenvalue weighted by Crippen LogP contribution is -2.45. The molecule has 1 fully saturated rings. The molecule has 2 aliphatic rings. The fraction of sp³-hybridized carbons (Fsp3) is 0.269. The van der Waals surface area contributed by atoms with Crippen molar-refractivity contribution >= 4 is 40.5 Å². The highest BCUT2D eigenvalue weighted by atomic mass is 35.5. The maximum Gasteiger partial charge on any atom is 0.269 e. The Labute approximate surface area is 212 Å². The summed E-state index contributed by atoms with van der Waals surface area (Å²) in [6.45, 7) is 2.65. The van der Waals surface area contributed by atoms with E-state index in [9.17, 15) is 19.3 Å². The molecule has 3 aromatic carbocycles. The fourth-order valence-corrected chi connectivity index (χ4v) is 5.67. The van der Waals surface area contributed by atoms with Crippen LogP contribution in [-0.2, 0) is 12.0 Å². The molecule has 0 aromatic heterocycles. The molecule has 5 rings (SSSR count). The molecule has 3 aromatic rings. The molecular formula is C26H22Cl2FN3O3. The maximum absolute atomic E-state index is 14.3. The predicted molar refractivity (Wildman–Crippen MR) is 134 cm³/mol. The number of nitrogens with zero attached hydrogens (tertiary/aromatic N) is 3. The van der Waals surface area contributed by atoms with E-state index in [2.05, 4.69) is 4.90 Å². The van der Waals surface area contributed by atoms with Gasteiger partial charge in [-0.05, 0) is 73.5 Å². The van der Waals surface area contributed by atoms with Gasteiger partial charge in [0.05, 0.1) is 15.5 Å². The molecule has 0 bridgehead atoms. The van der Waals surface area contributed by atoms with Crippen molar-refractivity contribution in [1.29, 1.82) is 0 Å². The second-order valence-corrected chi connectivity index (χ2v) is 10.0. The zero-order valence-electron chi connectivity index (χ0n) is 18.7. The van der Waals surface area contributed by atoms with Crippen molar-refractivity contribution < 1.29 is 14.1 Å².